The fourth-order valence-corrected chi connectivity index (χ4v) is 3.03. The fraction of sp³-hybridized carbons (Fsp3) is 0.600. The van der Waals surface area contributed by atoms with E-state index >= 15 is 0 Å². The molecule has 0 radical (unpaired) electrons. The number of nitrogens with zero attached hydrogens (tertiary/aromatic N) is 2. The highest BCUT2D eigenvalue weighted by atomic mass is 16.6. The fourth-order valence-electron chi connectivity index (χ4n) is 3.03. The predicted molar refractivity (Wildman–Crippen MR) is 79.0 cm³/mol. The molecular formula is C15H22N2O3. The molecular weight excluding hydrogens is 256 g/mol. The van der Waals surface area contributed by atoms with Crippen molar-refractivity contribution in [2.45, 2.75) is 51.7 Å². The molecule has 110 valence electrons. The van der Waals surface area contributed by atoms with Gasteiger partial charge >= 0.3 is 0 Å². The van der Waals surface area contributed by atoms with Gasteiger partial charge in [-0.05, 0) is 38.3 Å². The molecule has 0 spiro atoms. The molecule has 1 aromatic carbocycles. The highest BCUT2D eigenvalue weighted by molar-refractivity contribution is 5.65. The molecule has 0 amide bonds. The Kier molecular flexibility index (Phi) is 4.60. The Hall–Kier alpha value is -1.62. The molecule has 5 nitrogen and oxygen atoms in total. The molecule has 1 saturated carbocycles. The molecule has 1 aliphatic carbocycles. The molecule has 0 saturated heterocycles. The van der Waals surface area contributed by atoms with E-state index in [1.54, 1.807) is 19.1 Å². The van der Waals surface area contributed by atoms with Gasteiger partial charge in [0, 0.05) is 18.7 Å². The van der Waals surface area contributed by atoms with Crippen LogP contribution in [0, 0.1) is 10.1 Å². The SMILES string of the molecule is CCN(c1ccc(C(C)O)cc1[N+](=O)[O-])C1CCCC1. The van der Waals surface area contributed by atoms with E-state index in [9.17, 15) is 15.2 Å². The van der Waals surface area contributed by atoms with Crippen molar-refractivity contribution in [1.82, 2.24) is 0 Å². The van der Waals surface area contributed by atoms with E-state index < -0.39 is 6.10 Å². The second-order valence-electron chi connectivity index (χ2n) is 5.41. The zero-order valence-electron chi connectivity index (χ0n) is 12.1. The van der Waals surface area contributed by atoms with Crippen LogP contribution in [0.25, 0.3) is 0 Å². The summed E-state index contributed by atoms with van der Waals surface area (Å²) in [5.74, 6) is 0. The molecule has 0 aromatic heterocycles. The van der Waals surface area contributed by atoms with Gasteiger partial charge in [0.15, 0.2) is 0 Å². The van der Waals surface area contributed by atoms with Crippen LogP contribution < -0.4 is 4.90 Å². The monoisotopic (exact) mass is 278 g/mol. The number of aliphatic hydroxyl groups is 1. The molecule has 0 bridgehead atoms. The number of benzene rings is 1. The van der Waals surface area contributed by atoms with Crippen LogP contribution >= 0.6 is 0 Å². The zero-order chi connectivity index (χ0) is 14.7. The first-order valence-corrected chi connectivity index (χ1v) is 7.27. The summed E-state index contributed by atoms with van der Waals surface area (Å²) in [7, 11) is 0. The molecule has 1 atom stereocenters. The van der Waals surface area contributed by atoms with Crippen LogP contribution in [0.15, 0.2) is 18.2 Å². The highest BCUT2D eigenvalue weighted by Gasteiger charge is 2.27. The van der Waals surface area contributed by atoms with Crippen molar-refractivity contribution in [3.63, 3.8) is 0 Å². The number of rotatable bonds is 5. The van der Waals surface area contributed by atoms with Crippen LogP contribution in [0.4, 0.5) is 11.4 Å². The summed E-state index contributed by atoms with van der Waals surface area (Å²) in [6.07, 6.45) is 3.90. The Morgan fingerprint density at radius 2 is 2.10 bits per heavy atom. The predicted octanol–water partition coefficient (Wildman–Crippen LogP) is 3.42. The summed E-state index contributed by atoms with van der Waals surface area (Å²) in [5.41, 5.74) is 1.36. The van der Waals surface area contributed by atoms with Crippen molar-refractivity contribution in [3.8, 4) is 0 Å². The molecule has 1 aliphatic rings. The van der Waals surface area contributed by atoms with Crippen molar-refractivity contribution in [2.75, 3.05) is 11.4 Å². The van der Waals surface area contributed by atoms with Crippen LogP contribution in [-0.4, -0.2) is 22.6 Å². The van der Waals surface area contributed by atoms with Crippen molar-refractivity contribution in [2.24, 2.45) is 0 Å². The molecule has 5 heteroatoms. The molecule has 0 aliphatic heterocycles. The largest absolute Gasteiger partial charge is 0.389 e. The van der Waals surface area contributed by atoms with Crippen LogP contribution in [0.2, 0.25) is 0 Å². The smallest absolute Gasteiger partial charge is 0.292 e. The van der Waals surface area contributed by atoms with Gasteiger partial charge in [0.05, 0.1) is 11.0 Å². The summed E-state index contributed by atoms with van der Waals surface area (Å²) in [6.45, 7) is 4.41. The Morgan fingerprint density at radius 3 is 2.60 bits per heavy atom. The van der Waals surface area contributed by atoms with Gasteiger partial charge in [-0.3, -0.25) is 10.1 Å². The first kappa shape index (κ1) is 14.8. The molecule has 1 fully saturated rings. The lowest BCUT2D eigenvalue weighted by molar-refractivity contribution is -0.384. The minimum absolute atomic E-state index is 0.0946. The number of hydrogen-bond donors (Lipinski definition) is 1. The Labute approximate surface area is 119 Å². The molecule has 1 aromatic rings. The van der Waals surface area contributed by atoms with E-state index in [0.29, 0.717) is 17.3 Å². The number of hydrogen-bond acceptors (Lipinski definition) is 4. The van der Waals surface area contributed by atoms with Crippen molar-refractivity contribution >= 4 is 11.4 Å². The number of anilines is 1. The Balaban J connectivity index is 2.40. The van der Waals surface area contributed by atoms with Gasteiger partial charge in [0.2, 0.25) is 0 Å². The van der Waals surface area contributed by atoms with Gasteiger partial charge in [-0.1, -0.05) is 18.9 Å². The zero-order valence-corrected chi connectivity index (χ0v) is 12.1. The van der Waals surface area contributed by atoms with Crippen molar-refractivity contribution in [1.29, 1.82) is 0 Å². The van der Waals surface area contributed by atoms with Gasteiger partial charge in [0.25, 0.3) is 5.69 Å². The third-order valence-electron chi connectivity index (χ3n) is 4.09. The highest BCUT2D eigenvalue weighted by Crippen LogP contribution is 2.35. The minimum Gasteiger partial charge on any atom is -0.389 e. The second kappa shape index (κ2) is 6.22. The van der Waals surface area contributed by atoms with Crippen molar-refractivity contribution < 1.29 is 10.0 Å². The number of aliphatic hydroxyl groups excluding tert-OH is 1. The molecule has 20 heavy (non-hydrogen) atoms. The molecule has 0 heterocycles. The lowest BCUT2D eigenvalue weighted by Crippen LogP contribution is -2.33. The lowest BCUT2D eigenvalue weighted by Gasteiger charge is -2.29. The second-order valence-corrected chi connectivity index (χ2v) is 5.41. The van der Waals surface area contributed by atoms with Gasteiger partial charge < -0.3 is 10.0 Å². The van der Waals surface area contributed by atoms with E-state index in [1.165, 1.54) is 18.9 Å². The maximum atomic E-state index is 11.3. The Morgan fingerprint density at radius 1 is 1.45 bits per heavy atom. The first-order chi connectivity index (χ1) is 9.54. The molecule has 1 N–H and O–H groups in total. The molecule has 1 unspecified atom stereocenters. The Bertz CT molecular complexity index is 482. The third-order valence-corrected chi connectivity index (χ3v) is 4.09. The third kappa shape index (κ3) is 2.93. The van der Waals surface area contributed by atoms with Crippen molar-refractivity contribution in [3.05, 3.63) is 33.9 Å². The quantitative estimate of drug-likeness (QED) is 0.662. The van der Waals surface area contributed by atoms with E-state index in [-0.39, 0.29) is 10.6 Å². The summed E-state index contributed by atoms with van der Waals surface area (Å²) in [5, 5.41) is 20.9. The molecule has 2 rings (SSSR count). The standard InChI is InChI=1S/C15H22N2O3/c1-3-16(13-6-4-5-7-13)14-9-8-12(11(2)18)10-15(14)17(19)20/h8-11,13,18H,3-7H2,1-2H3. The number of nitro groups is 1. The van der Waals surface area contributed by atoms with Gasteiger partial charge in [-0.2, -0.15) is 0 Å². The summed E-state index contributed by atoms with van der Waals surface area (Å²) in [6, 6.07) is 5.46. The lowest BCUT2D eigenvalue weighted by atomic mass is 10.1. The minimum atomic E-state index is -0.690. The van der Waals surface area contributed by atoms with Gasteiger partial charge in [-0.25, -0.2) is 0 Å². The maximum Gasteiger partial charge on any atom is 0.292 e. The van der Waals surface area contributed by atoms with E-state index in [1.807, 2.05) is 6.92 Å². The summed E-state index contributed by atoms with van der Waals surface area (Å²) < 4.78 is 0. The van der Waals surface area contributed by atoms with Crippen LogP contribution in [0.1, 0.15) is 51.2 Å². The van der Waals surface area contributed by atoms with Crippen LogP contribution in [-0.2, 0) is 0 Å². The van der Waals surface area contributed by atoms with E-state index in [4.69, 9.17) is 0 Å². The average molecular weight is 278 g/mol. The summed E-state index contributed by atoms with van der Waals surface area (Å²) >= 11 is 0. The van der Waals surface area contributed by atoms with Crippen LogP contribution in [0.3, 0.4) is 0 Å². The maximum absolute atomic E-state index is 11.3. The van der Waals surface area contributed by atoms with Gasteiger partial charge in [-0.15, -0.1) is 0 Å². The van der Waals surface area contributed by atoms with Gasteiger partial charge in [0.1, 0.15) is 5.69 Å². The topological polar surface area (TPSA) is 66.6 Å². The van der Waals surface area contributed by atoms with E-state index in [2.05, 4.69) is 4.90 Å². The summed E-state index contributed by atoms with van der Waals surface area (Å²) in [4.78, 5) is 13.1. The first-order valence-electron chi connectivity index (χ1n) is 7.27. The van der Waals surface area contributed by atoms with Crippen LogP contribution in [0.5, 0.6) is 0 Å². The number of nitro benzene ring substituents is 1. The van der Waals surface area contributed by atoms with E-state index in [0.717, 1.165) is 19.4 Å². The average Bonchev–Trinajstić information content (AvgIpc) is 2.93. The normalized spacial score (nSPS) is 17.1.